The Hall–Kier alpha value is -0.720. The Kier molecular flexibility index (Phi) is 10.8. The van der Waals surface area contributed by atoms with Crippen molar-refractivity contribution in [2.75, 3.05) is 0 Å². The fourth-order valence-corrected chi connectivity index (χ4v) is 2.47. The molecule has 2 rings (SSSR count). The Morgan fingerprint density at radius 1 is 1.29 bits per heavy atom. The predicted molar refractivity (Wildman–Crippen MR) is 81.5 cm³/mol. The maximum atomic E-state index is 11.6. The van der Waals surface area contributed by atoms with Crippen LogP contribution in [0, 0.1) is 5.92 Å². The molecule has 1 saturated carbocycles. The van der Waals surface area contributed by atoms with Gasteiger partial charge in [0.05, 0.1) is 5.92 Å². The summed E-state index contributed by atoms with van der Waals surface area (Å²) >= 11 is 0. The van der Waals surface area contributed by atoms with E-state index < -0.39 is 11.9 Å². The monoisotopic (exact) mass is 305 g/mol. The molecule has 5 nitrogen and oxygen atoms in total. The van der Waals surface area contributed by atoms with Crippen LogP contribution < -0.4 is 0 Å². The molecule has 0 aliphatic heterocycles. The van der Waals surface area contributed by atoms with Crippen LogP contribution >= 0.6 is 0 Å². The summed E-state index contributed by atoms with van der Waals surface area (Å²) in [6, 6.07) is 7.60. The van der Waals surface area contributed by atoms with Crippen LogP contribution in [-0.4, -0.2) is 57.4 Å². The Morgan fingerprint density at radius 3 is 2.29 bits per heavy atom. The zero-order valence-electron chi connectivity index (χ0n) is 12.6. The van der Waals surface area contributed by atoms with Crippen molar-refractivity contribution < 1.29 is 25.6 Å². The minimum atomic E-state index is -0.811. The van der Waals surface area contributed by atoms with Crippen molar-refractivity contribution in [1.29, 1.82) is 0 Å². The van der Waals surface area contributed by atoms with Gasteiger partial charge in [-0.1, -0.05) is 24.3 Å². The van der Waals surface area contributed by atoms with E-state index in [2.05, 4.69) is 0 Å². The first kappa shape index (κ1) is 22.6. The molecule has 5 N–H and O–H groups in total. The number of rotatable bonds is 4. The van der Waals surface area contributed by atoms with E-state index in [0.717, 1.165) is 36.8 Å². The zero-order chi connectivity index (χ0) is 13.1. The van der Waals surface area contributed by atoms with Crippen LogP contribution in [0.1, 0.15) is 43.2 Å². The van der Waals surface area contributed by atoms with E-state index in [1.165, 1.54) is 0 Å². The number of ketones is 1. The summed E-state index contributed by atoms with van der Waals surface area (Å²) in [6.07, 6.45) is 3.52. The number of carbonyl (C=O) groups is 2. The largest absolute Gasteiger partial charge is 0.481 e. The van der Waals surface area contributed by atoms with Gasteiger partial charge in [0.2, 0.25) is 0 Å². The number of aliphatic carboxylic acids is 1. The number of carbonyl (C=O) groups excluding carboxylic acids is 1. The molecule has 0 saturated heterocycles. The SMILES string of the molecule is CC(C(=O)O)c1ccc(CC2CCCC2=O)cc1.O.O.[Na]. The maximum absolute atomic E-state index is 11.6. The minimum absolute atomic E-state index is 0. The molecule has 1 aromatic rings. The Bertz CT molecular complexity index is 458. The van der Waals surface area contributed by atoms with Crippen molar-refractivity contribution in [3.8, 4) is 0 Å². The number of hydrogen-bond donors (Lipinski definition) is 1. The van der Waals surface area contributed by atoms with Crippen LogP contribution in [0.15, 0.2) is 24.3 Å². The minimum Gasteiger partial charge on any atom is -0.481 e. The molecule has 2 unspecified atom stereocenters. The van der Waals surface area contributed by atoms with E-state index >= 15 is 0 Å². The molecule has 1 fully saturated rings. The first-order valence-electron chi connectivity index (χ1n) is 6.42. The van der Waals surface area contributed by atoms with Gasteiger partial charge in [-0.2, -0.15) is 0 Å². The average Bonchev–Trinajstić information content (AvgIpc) is 2.75. The van der Waals surface area contributed by atoms with Gasteiger partial charge in [-0.3, -0.25) is 9.59 Å². The summed E-state index contributed by atoms with van der Waals surface area (Å²) in [7, 11) is 0. The van der Waals surface area contributed by atoms with Gasteiger partial charge in [-0.25, -0.2) is 0 Å². The Balaban J connectivity index is 0. The van der Waals surface area contributed by atoms with Gasteiger partial charge in [-0.05, 0) is 37.3 Å². The first-order chi connectivity index (χ1) is 8.58. The summed E-state index contributed by atoms with van der Waals surface area (Å²) in [5.41, 5.74) is 1.93. The quantitative estimate of drug-likeness (QED) is 0.827. The maximum Gasteiger partial charge on any atom is 0.310 e. The molecule has 0 bridgehead atoms. The first-order valence-corrected chi connectivity index (χ1v) is 6.42. The molecule has 1 aromatic carbocycles. The standard InChI is InChI=1S/C15H18O3.Na.2H2O/c1-10(15(17)18)12-7-5-11(6-8-12)9-13-3-2-4-14(13)16;;;/h5-8,10,13H,2-4,9H2,1H3,(H,17,18);;2*1H2. The number of Topliss-reactive ketones (excluding diaryl/α,β-unsaturated/α-hetero) is 1. The van der Waals surface area contributed by atoms with Gasteiger partial charge in [-0.15, -0.1) is 0 Å². The molecule has 0 heterocycles. The normalized spacial score (nSPS) is 18.0. The topological polar surface area (TPSA) is 117 Å². The summed E-state index contributed by atoms with van der Waals surface area (Å²) in [5, 5.41) is 8.92. The number of carboxylic acid groups (broad SMARTS) is 1. The smallest absolute Gasteiger partial charge is 0.310 e. The third-order valence-electron chi connectivity index (χ3n) is 3.76. The number of benzene rings is 1. The fourth-order valence-electron chi connectivity index (χ4n) is 2.47. The second kappa shape index (κ2) is 10.1. The van der Waals surface area contributed by atoms with E-state index in [4.69, 9.17) is 5.11 Å². The number of hydrogen-bond acceptors (Lipinski definition) is 2. The van der Waals surface area contributed by atoms with Gasteiger partial charge in [0.1, 0.15) is 5.78 Å². The molecule has 21 heavy (non-hydrogen) atoms. The van der Waals surface area contributed by atoms with Crippen LogP contribution in [-0.2, 0) is 16.0 Å². The van der Waals surface area contributed by atoms with Crippen LogP contribution in [0.25, 0.3) is 0 Å². The molecular formula is C15H22NaO5. The molecule has 113 valence electrons. The summed E-state index contributed by atoms with van der Waals surface area (Å²) in [4.78, 5) is 22.4. The van der Waals surface area contributed by atoms with Crippen LogP contribution in [0.4, 0.5) is 0 Å². The van der Waals surface area contributed by atoms with Crippen molar-refractivity contribution in [3.63, 3.8) is 0 Å². The molecule has 1 aliphatic carbocycles. The van der Waals surface area contributed by atoms with Gasteiger partial charge in [0.25, 0.3) is 0 Å². The Morgan fingerprint density at radius 2 is 1.86 bits per heavy atom. The van der Waals surface area contributed by atoms with Gasteiger partial charge >= 0.3 is 5.97 Å². The van der Waals surface area contributed by atoms with Gasteiger partial charge < -0.3 is 16.1 Å². The molecule has 1 radical (unpaired) electrons. The third kappa shape index (κ3) is 5.88. The van der Waals surface area contributed by atoms with Gasteiger partial charge in [0, 0.05) is 41.9 Å². The third-order valence-corrected chi connectivity index (χ3v) is 3.76. The van der Waals surface area contributed by atoms with E-state index in [9.17, 15) is 9.59 Å². The number of carboxylic acids is 1. The molecule has 0 amide bonds. The fraction of sp³-hybridized carbons (Fsp3) is 0.467. The summed E-state index contributed by atoms with van der Waals surface area (Å²) in [5.74, 6) is -0.744. The molecule has 6 heteroatoms. The second-order valence-electron chi connectivity index (χ2n) is 5.06. The molecule has 1 aliphatic rings. The van der Waals surface area contributed by atoms with Crippen molar-refractivity contribution in [3.05, 3.63) is 35.4 Å². The van der Waals surface area contributed by atoms with Crippen LogP contribution in [0.3, 0.4) is 0 Å². The van der Waals surface area contributed by atoms with E-state index in [-0.39, 0.29) is 46.4 Å². The van der Waals surface area contributed by atoms with Crippen LogP contribution in [0.5, 0.6) is 0 Å². The predicted octanol–water partition coefficient (Wildman–Crippen LogP) is 0.756. The van der Waals surface area contributed by atoms with Crippen molar-refractivity contribution in [1.82, 2.24) is 0 Å². The molecule has 0 aromatic heterocycles. The van der Waals surface area contributed by atoms with Crippen molar-refractivity contribution >= 4 is 41.3 Å². The Labute approximate surface area is 146 Å². The molecule has 2 atom stereocenters. The van der Waals surface area contributed by atoms with Crippen LogP contribution in [0.2, 0.25) is 0 Å². The summed E-state index contributed by atoms with van der Waals surface area (Å²) < 4.78 is 0. The van der Waals surface area contributed by atoms with Gasteiger partial charge in [0.15, 0.2) is 0 Å². The second-order valence-corrected chi connectivity index (χ2v) is 5.06. The van der Waals surface area contributed by atoms with Crippen molar-refractivity contribution in [2.45, 2.75) is 38.5 Å². The molecule has 0 spiro atoms. The van der Waals surface area contributed by atoms with E-state index in [1.807, 2.05) is 24.3 Å². The molecular weight excluding hydrogens is 283 g/mol. The summed E-state index contributed by atoms with van der Waals surface area (Å²) in [6.45, 7) is 1.68. The van der Waals surface area contributed by atoms with Crippen molar-refractivity contribution in [2.24, 2.45) is 5.92 Å². The van der Waals surface area contributed by atoms with E-state index in [1.54, 1.807) is 6.92 Å². The average molecular weight is 305 g/mol. The van der Waals surface area contributed by atoms with E-state index in [0.29, 0.717) is 5.78 Å². The zero-order valence-corrected chi connectivity index (χ0v) is 14.6.